The largest absolute Gasteiger partial charge is 0.479 e. The summed E-state index contributed by atoms with van der Waals surface area (Å²) in [5.41, 5.74) is 0.428. The fourth-order valence-corrected chi connectivity index (χ4v) is 4.57. The number of carbonyl (C=O) groups excluding carboxylic acids is 1. The number of aromatic nitrogens is 4. The van der Waals surface area contributed by atoms with Gasteiger partial charge in [0.05, 0.1) is 18.0 Å². The van der Waals surface area contributed by atoms with Gasteiger partial charge < -0.3 is 14.2 Å². The van der Waals surface area contributed by atoms with E-state index < -0.39 is 23.4 Å². The monoisotopic (exact) mass is 560 g/mol. The summed E-state index contributed by atoms with van der Waals surface area (Å²) in [7, 11) is 0. The van der Waals surface area contributed by atoms with Crippen LogP contribution in [0.5, 0.6) is 17.5 Å². The highest BCUT2D eigenvalue weighted by molar-refractivity contribution is 7.98. The Morgan fingerprint density at radius 2 is 1.68 bits per heavy atom. The smallest absolute Gasteiger partial charge is 0.347 e. The van der Waals surface area contributed by atoms with E-state index in [1.165, 1.54) is 30.0 Å². The minimum Gasteiger partial charge on any atom is -0.479 e. The van der Waals surface area contributed by atoms with Gasteiger partial charge in [0.25, 0.3) is 5.56 Å². The van der Waals surface area contributed by atoms with E-state index in [1.54, 1.807) is 55.1 Å². The predicted octanol–water partition coefficient (Wildman–Crippen LogP) is 5.56. The molecule has 0 aliphatic rings. The van der Waals surface area contributed by atoms with Crippen molar-refractivity contribution in [2.24, 2.45) is 0 Å². The molecule has 40 heavy (non-hydrogen) atoms. The van der Waals surface area contributed by atoms with Crippen LogP contribution in [0.2, 0.25) is 0 Å². The van der Waals surface area contributed by atoms with Crippen molar-refractivity contribution in [1.82, 2.24) is 19.3 Å². The van der Waals surface area contributed by atoms with E-state index in [2.05, 4.69) is 10.1 Å². The quantitative estimate of drug-likeness (QED) is 0.171. The van der Waals surface area contributed by atoms with Crippen LogP contribution < -0.4 is 15.0 Å². The van der Waals surface area contributed by atoms with Crippen molar-refractivity contribution in [3.8, 4) is 28.9 Å². The second kappa shape index (κ2) is 11.6. The first-order chi connectivity index (χ1) is 19.4. The van der Waals surface area contributed by atoms with E-state index in [1.807, 2.05) is 30.3 Å². The number of carbonyl (C=O) groups is 1. The molecule has 2 heterocycles. The van der Waals surface area contributed by atoms with Gasteiger partial charge in [-0.05, 0) is 68.6 Å². The van der Waals surface area contributed by atoms with Gasteiger partial charge in [0.1, 0.15) is 27.7 Å². The molecule has 2 aromatic heterocycles. The Morgan fingerprint density at radius 1 is 1.00 bits per heavy atom. The lowest BCUT2D eigenvalue weighted by molar-refractivity contribution is -0.150. The van der Waals surface area contributed by atoms with Crippen molar-refractivity contribution in [3.63, 3.8) is 0 Å². The van der Waals surface area contributed by atoms with Crippen LogP contribution in [0.25, 0.3) is 22.4 Å². The minimum atomic E-state index is -0.800. The number of para-hydroxylation sites is 2. The first-order valence-corrected chi connectivity index (χ1v) is 13.6. The Bertz CT molecular complexity index is 1720. The highest BCUT2D eigenvalue weighted by Gasteiger charge is 2.24. The summed E-state index contributed by atoms with van der Waals surface area (Å²) >= 11 is 1.29. The number of ether oxygens (including phenoxy) is 3. The third-order valence-corrected chi connectivity index (χ3v) is 6.56. The predicted molar refractivity (Wildman–Crippen MR) is 149 cm³/mol. The average Bonchev–Trinajstić information content (AvgIpc) is 3.34. The van der Waals surface area contributed by atoms with Crippen LogP contribution in [0, 0.1) is 5.82 Å². The maximum atomic E-state index is 15.0. The first-order valence-electron chi connectivity index (χ1n) is 12.4. The van der Waals surface area contributed by atoms with Crippen molar-refractivity contribution >= 4 is 28.8 Å². The van der Waals surface area contributed by atoms with Gasteiger partial charge in [0.2, 0.25) is 0 Å². The third kappa shape index (κ3) is 5.28. The Hall–Kier alpha value is -4.64. The molecule has 1 unspecified atom stereocenters. The molecule has 0 saturated carbocycles. The standard InChI is InChI=1S/C29H25FN4O5S/c1-4-37-28(36)18(2)38-20-14-16-21(17-15-20)39-29-31-25-24(27(35)33(29)23-13-9-8-12-22(23)30)26(40-3)32-34(25)19-10-6-5-7-11-19/h5-18H,4H2,1-3H3. The third-order valence-electron chi connectivity index (χ3n) is 5.89. The molecule has 0 aliphatic carbocycles. The van der Waals surface area contributed by atoms with Gasteiger partial charge in [-0.1, -0.05) is 30.3 Å². The summed E-state index contributed by atoms with van der Waals surface area (Å²) < 4.78 is 34.3. The van der Waals surface area contributed by atoms with Gasteiger partial charge in [-0.25, -0.2) is 18.4 Å². The molecule has 0 radical (unpaired) electrons. The zero-order valence-electron chi connectivity index (χ0n) is 21.9. The maximum absolute atomic E-state index is 15.0. The van der Waals surface area contributed by atoms with Gasteiger partial charge in [-0.15, -0.1) is 11.8 Å². The lowest BCUT2D eigenvalue weighted by atomic mass is 10.3. The van der Waals surface area contributed by atoms with Crippen LogP contribution >= 0.6 is 11.8 Å². The zero-order valence-corrected chi connectivity index (χ0v) is 22.7. The second-order valence-electron chi connectivity index (χ2n) is 8.53. The Morgan fingerprint density at radius 3 is 2.35 bits per heavy atom. The SMILES string of the molecule is CCOC(=O)C(C)Oc1ccc(Oc2nc3c(c(SC)nn3-c3ccccc3)c(=O)n2-c2ccccc2F)cc1. The zero-order chi connectivity index (χ0) is 28.2. The number of fused-ring (bicyclic) bond motifs is 1. The molecule has 5 aromatic rings. The van der Waals surface area contributed by atoms with Crippen LogP contribution in [0.3, 0.4) is 0 Å². The number of halogens is 1. The van der Waals surface area contributed by atoms with Crippen LogP contribution in [0.15, 0.2) is 88.7 Å². The van der Waals surface area contributed by atoms with Gasteiger partial charge >= 0.3 is 12.0 Å². The normalized spacial score (nSPS) is 11.8. The van der Waals surface area contributed by atoms with E-state index in [-0.39, 0.29) is 29.3 Å². The second-order valence-corrected chi connectivity index (χ2v) is 9.32. The lowest BCUT2D eigenvalue weighted by Gasteiger charge is -2.15. The van der Waals surface area contributed by atoms with Gasteiger partial charge in [-0.2, -0.15) is 10.1 Å². The molecule has 3 aromatic carbocycles. The molecule has 11 heteroatoms. The summed E-state index contributed by atoms with van der Waals surface area (Å²) in [5, 5.41) is 5.30. The molecule has 0 amide bonds. The number of esters is 1. The molecule has 5 rings (SSSR count). The molecular weight excluding hydrogens is 535 g/mol. The number of benzene rings is 3. The molecule has 9 nitrogen and oxygen atoms in total. The Balaban J connectivity index is 1.62. The molecule has 0 bridgehead atoms. The molecule has 0 fully saturated rings. The molecule has 0 spiro atoms. The van der Waals surface area contributed by atoms with Crippen molar-refractivity contribution < 1.29 is 23.4 Å². The molecule has 0 saturated heterocycles. The Kier molecular flexibility index (Phi) is 7.83. The number of nitrogens with zero attached hydrogens (tertiary/aromatic N) is 4. The van der Waals surface area contributed by atoms with Crippen LogP contribution in [0.1, 0.15) is 13.8 Å². The van der Waals surface area contributed by atoms with Crippen LogP contribution in [0.4, 0.5) is 4.39 Å². The summed E-state index contributed by atoms with van der Waals surface area (Å²) in [5.74, 6) is -0.375. The van der Waals surface area contributed by atoms with Gasteiger partial charge in [0, 0.05) is 0 Å². The summed E-state index contributed by atoms with van der Waals surface area (Å²) in [6.45, 7) is 3.56. The summed E-state index contributed by atoms with van der Waals surface area (Å²) in [6, 6.07) is 21.4. The number of thioether (sulfide) groups is 1. The fourth-order valence-electron chi connectivity index (χ4n) is 4.03. The van der Waals surface area contributed by atoms with E-state index in [0.717, 1.165) is 4.57 Å². The van der Waals surface area contributed by atoms with Crippen molar-refractivity contribution in [3.05, 3.63) is 95.0 Å². The van der Waals surface area contributed by atoms with Crippen molar-refractivity contribution in [2.75, 3.05) is 12.9 Å². The maximum Gasteiger partial charge on any atom is 0.347 e. The number of rotatable bonds is 9. The van der Waals surface area contributed by atoms with Gasteiger partial charge in [0.15, 0.2) is 11.8 Å². The van der Waals surface area contributed by atoms with Crippen LogP contribution in [-0.2, 0) is 9.53 Å². The topological polar surface area (TPSA) is 97.5 Å². The first kappa shape index (κ1) is 26.9. The van der Waals surface area contributed by atoms with Crippen molar-refractivity contribution in [1.29, 1.82) is 0 Å². The fraction of sp³-hybridized carbons (Fsp3) is 0.172. The van der Waals surface area contributed by atoms with E-state index in [9.17, 15) is 14.0 Å². The van der Waals surface area contributed by atoms with Gasteiger partial charge in [-0.3, -0.25) is 4.79 Å². The highest BCUT2D eigenvalue weighted by atomic mass is 32.2. The minimum absolute atomic E-state index is 0.0142. The molecule has 0 aliphatic heterocycles. The van der Waals surface area contributed by atoms with E-state index in [0.29, 0.717) is 22.2 Å². The number of hydrogen-bond donors (Lipinski definition) is 0. The highest BCUT2D eigenvalue weighted by Crippen LogP contribution is 2.30. The van der Waals surface area contributed by atoms with E-state index in [4.69, 9.17) is 14.2 Å². The lowest BCUT2D eigenvalue weighted by Crippen LogP contribution is -2.26. The summed E-state index contributed by atoms with van der Waals surface area (Å²) in [6.07, 6.45) is 1.01. The Labute approximate surface area is 233 Å². The number of hydrogen-bond acceptors (Lipinski definition) is 8. The molecule has 0 N–H and O–H groups in total. The van der Waals surface area contributed by atoms with Crippen molar-refractivity contribution in [2.45, 2.75) is 25.0 Å². The molecule has 204 valence electrons. The van der Waals surface area contributed by atoms with E-state index >= 15 is 0 Å². The molecular formula is C29H25FN4O5S. The van der Waals surface area contributed by atoms with Crippen LogP contribution in [-0.4, -0.2) is 44.3 Å². The average molecular weight is 561 g/mol. The summed E-state index contributed by atoms with van der Waals surface area (Å²) in [4.78, 5) is 30.5. The molecule has 1 atom stereocenters.